The first kappa shape index (κ1) is 14.7. The summed E-state index contributed by atoms with van der Waals surface area (Å²) < 4.78 is 0. The molecule has 0 saturated heterocycles. The fraction of sp³-hybridized carbons (Fsp3) is 0.235. The number of nitrogens with one attached hydrogen (secondary N) is 1. The van der Waals surface area contributed by atoms with Crippen LogP contribution >= 0.6 is 12.6 Å². The molecule has 2 rings (SSSR count). The summed E-state index contributed by atoms with van der Waals surface area (Å²) in [5.74, 6) is -0.0288. The van der Waals surface area contributed by atoms with Gasteiger partial charge in [0.1, 0.15) is 0 Å². The maximum Gasteiger partial charge on any atom is 0.251 e. The van der Waals surface area contributed by atoms with Crippen LogP contribution in [0.25, 0.3) is 0 Å². The zero-order valence-corrected chi connectivity index (χ0v) is 12.4. The van der Waals surface area contributed by atoms with E-state index < -0.39 is 0 Å². The average molecular weight is 285 g/mol. The van der Waals surface area contributed by atoms with Crippen LogP contribution < -0.4 is 5.32 Å². The van der Waals surface area contributed by atoms with E-state index in [4.69, 9.17) is 0 Å². The van der Waals surface area contributed by atoms with Crippen LogP contribution in [0.3, 0.4) is 0 Å². The number of carbonyl (C=O) groups excluding carboxylic acids is 1. The van der Waals surface area contributed by atoms with Gasteiger partial charge >= 0.3 is 0 Å². The highest BCUT2D eigenvalue weighted by Gasteiger charge is 2.09. The van der Waals surface area contributed by atoms with Crippen LogP contribution in [-0.4, -0.2) is 11.9 Å². The molecule has 0 spiro atoms. The Bertz CT molecular complexity index is 551. The molecule has 1 amide bonds. The molecule has 0 radical (unpaired) electrons. The molecular weight excluding hydrogens is 266 g/mol. The fourth-order valence-electron chi connectivity index (χ4n) is 2.02. The third kappa shape index (κ3) is 4.42. The first-order valence-corrected chi connectivity index (χ1v) is 7.23. The Morgan fingerprint density at radius 1 is 1.10 bits per heavy atom. The third-order valence-corrected chi connectivity index (χ3v) is 3.51. The summed E-state index contributed by atoms with van der Waals surface area (Å²) in [6, 6.07) is 17.7. The van der Waals surface area contributed by atoms with Crippen molar-refractivity contribution in [3.8, 4) is 0 Å². The van der Waals surface area contributed by atoms with Gasteiger partial charge in [-0.25, -0.2) is 0 Å². The lowest BCUT2D eigenvalue weighted by molar-refractivity contribution is 0.0938. The zero-order chi connectivity index (χ0) is 14.4. The van der Waals surface area contributed by atoms with E-state index in [1.807, 2.05) is 37.3 Å². The Kier molecular flexibility index (Phi) is 5.24. The Hall–Kier alpha value is -1.74. The first-order chi connectivity index (χ1) is 9.65. The van der Waals surface area contributed by atoms with E-state index in [1.54, 1.807) is 12.1 Å². The number of carbonyl (C=O) groups is 1. The second-order valence-electron chi connectivity index (χ2n) is 4.95. The van der Waals surface area contributed by atoms with Gasteiger partial charge in [0.15, 0.2) is 0 Å². The molecule has 0 aliphatic carbocycles. The van der Waals surface area contributed by atoms with E-state index in [0.717, 1.165) is 17.7 Å². The number of rotatable bonds is 5. The highest BCUT2D eigenvalue weighted by atomic mass is 32.1. The first-order valence-electron chi connectivity index (χ1n) is 6.79. The standard InChI is InChI=1S/C17H19NOS/c1-13(7-8-14-5-3-2-4-6-14)18-17(19)15-9-11-16(20)12-10-15/h2-6,9-13,20H,7-8H2,1H3,(H,18,19). The normalized spacial score (nSPS) is 11.9. The molecule has 0 aliphatic rings. The summed E-state index contributed by atoms with van der Waals surface area (Å²) in [6.45, 7) is 2.04. The predicted octanol–water partition coefficient (Wildman–Crippen LogP) is 3.73. The lowest BCUT2D eigenvalue weighted by atomic mass is 10.1. The number of amides is 1. The van der Waals surface area contributed by atoms with Crippen molar-refractivity contribution in [2.45, 2.75) is 30.7 Å². The molecule has 0 bridgehead atoms. The minimum Gasteiger partial charge on any atom is -0.350 e. The molecule has 0 saturated carbocycles. The molecule has 0 aromatic heterocycles. The van der Waals surface area contributed by atoms with Gasteiger partial charge in [-0.05, 0) is 49.6 Å². The Morgan fingerprint density at radius 3 is 2.40 bits per heavy atom. The van der Waals surface area contributed by atoms with Crippen LogP contribution in [-0.2, 0) is 6.42 Å². The van der Waals surface area contributed by atoms with Gasteiger partial charge < -0.3 is 5.32 Å². The van der Waals surface area contributed by atoms with Gasteiger partial charge in [-0.3, -0.25) is 4.79 Å². The van der Waals surface area contributed by atoms with Crippen LogP contribution in [0.15, 0.2) is 59.5 Å². The molecular formula is C17H19NOS. The summed E-state index contributed by atoms with van der Waals surface area (Å²) in [4.78, 5) is 12.9. The molecule has 2 aromatic rings. The molecule has 104 valence electrons. The van der Waals surface area contributed by atoms with E-state index in [-0.39, 0.29) is 11.9 Å². The van der Waals surface area contributed by atoms with Crippen molar-refractivity contribution in [3.63, 3.8) is 0 Å². The van der Waals surface area contributed by atoms with Crippen LogP contribution in [0, 0.1) is 0 Å². The second-order valence-corrected chi connectivity index (χ2v) is 5.46. The molecule has 3 heteroatoms. The Morgan fingerprint density at radius 2 is 1.75 bits per heavy atom. The molecule has 1 unspecified atom stereocenters. The molecule has 0 fully saturated rings. The highest BCUT2D eigenvalue weighted by Crippen LogP contribution is 2.09. The molecule has 0 heterocycles. The van der Waals surface area contributed by atoms with Crippen molar-refractivity contribution in [3.05, 3.63) is 65.7 Å². The molecule has 2 nitrogen and oxygen atoms in total. The van der Waals surface area contributed by atoms with Crippen molar-refractivity contribution >= 4 is 18.5 Å². The Labute approximate surface area is 125 Å². The van der Waals surface area contributed by atoms with Gasteiger partial charge in [0, 0.05) is 16.5 Å². The van der Waals surface area contributed by atoms with Crippen molar-refractivity contribution in [1.82, 2.24) is 5.32 Å². The topological polar surface area (TPSA) is 29.1 Å². The average Bonchev–Trinajstić information content (AvgIpc) is 2.47. The summed E-state index contributed by atoms with van der Waals surface area (Å²) in [5.41, 5.74) is 1.97. The smallest absolute Gasteiger partial charge is 0.251 e. The fourth-order valence-corrected chi connectivity index (χ4v) is 2.17. The Balaban J connectivity index is 1.83. The summed E-state index contributed by atoms with van der Waals surface area (Å²) in [6.07, 6.45) is 1.90. The van der Waals surface area contributed by atoms with Gasteiger partial charge in [-0.15, -0.1) is 12.6 Å². The van der Waals surface area contributed by atoms with Crippen LogP contribution in [0.4, 0.5) is 0 Å². The maximum absolute atomic E-state index is 12.0. The predicted molar refractivity (Wildman–Crippen MR) is 85.4 cm³/mol. The SMILES string of the molecule is CC(CCc1ccccc1)NC(=O)c1ccc(S)cc1. The molecule has 1 N–H and O–H groups in total. The molecule has 1 atom stereocenters. The van der Waals surface area contributed by atoms with Gasteiger partial charge in [0.25, 0.3) is 5.91 Å². The number of thiol groups is 1. The number of benzene rings is 2. The minimum absolute atomic E-state index is 0.0288. The summed E-state index contributed by atoms with van der Waals surface area (Å²) in [7, 11) is 0. The molecule has 2 aromatic carbocycles. The number of hydrogen-bond acceptors (Lipinski definition) is 2. The monoisotopic (exact) mass is 285 g/mol. The van der Waals surface area contributed by atoms with Gasteiger partial charge in [0.05, 0.1) is 0 Å². The van der Waals surface area contributed by atoms with Crippen molar-refractivity contribution in [2.24, 2.45) is 0 Å². The zero-order valence-electron chi connectivity index (χ0n) is 11.5. The summed E-state index contributed by atoms with van der Waals surface area (Å²) in [5, 5.41) is 3.02. The lowest BCUT2D eigenvalue weighted by Crippen LogP contribution is -2.32. The maximum atomic E-state index is 12.0. The molecule has 20 heavy (non-hydrogen) atoms. The molecule has 0 aliphatic heterocycles. The largest absolute Gasteiger partial charge is 0.350 e. The van der Waals surface area contributed by atoms with E-state index in [9.17, 15) is 4.79 Å². The summed E-state index contributed by atoms with van der Waals surface area (Å²) >= 11 is 4.21. The van der Waals surface area contributed by atoms with E-state index >= 15 is 0 Å². The van der Waals surface area contributed by atoms with Gasteiger partial charge in [-0.1, -0.05) is 30.3 Å². The van der Waals surface area contributed by atoms with E-state index in [2.05, 4.69) is 30.1 Å². The quantitative estimate of drug-likeness (QED) is 0.805. The van der Waals surface area contributed by atoms with E-state index in [0.29, 0.717) is 5.56 Å². The van der Waals surface area contributed by atoms with Crippen LogP contribution in [0.1, 0.15) is 29.3 Å². The van der Waals surface area contributed by atoms with Gasteiger partial charge in [-0.2, -0.15) is 0 Å². The number of hydrogen-bond donors (Lipinski definition) is 2. The van der Waals surface area contributed by atoms with Gasteiger partial charge in [0.2, 0.25) is 0 Å². The third-order valence-electron chi connectivity index (χ3n) is 3.22. The van der Waals surface area contributed by atoms with Crippen molar-refractivity contribution < 1.29 is 4.79 Å². The lowest BCUT2D eigenvalue weighted by Gasteiger charge is -2.14. The minimum atomic E-state index is -0.0288. The van der Waals surface area contributed by atoms with Crippen molar-refractivity contribution in [2.75, 3.05) is 0 Å². The van der Waals surface area contributed by atoms with Crippen LogP contribution in [0.2, 0.25) is 0 Å². The van der Waals surface area contributed by atoms with E-state index in [1.165, 1.54) is 5.56 Å². The highest BCUT2D eigenvalue weighted by molar-refractivity contribution is 7.80. The van der Waals surface area contributed by atoms with Crippen molar-refractivity contribution in [1.29, 1.82) is 0 Å². The van der Waals surface area contributed by atoms with Crippen LogP contribution in [0.5, 0.6) is 0 Å². The second kappa shape index (κ2) is 7.15. The number of aryl methyl sites for hydroxylation is 1.